The molecule has 1 aromatic rings. The molecule has 2 rings (SSSR count). The topological polar surface area (TPSA) is 28.2 Å². The van der Waals surface area contributed by atoms with Gasteiger partial charge in [0.05, 0.1) is 0 Å². The van der Waals surface area contributed by atoms with Crippen LogP contribution in [0.1, 0.15) is 39.2 Å². The van der Waals surface area contributed by atoms with Crippen molar-refractivity contribution < 1.29 is 0 Å². The van der Waals surface area contributed by atoms with Gasteiger partial charge in [0.25, 0.3) is 0 Å². The summed E-state index contributed by atoms with van der Waals surface area (Å²) < 4.78 is 0. The maximum atomic E-state index is 4.57. The number of anilines is 1. The maximum Gasteiger partial charge on any atom is 0.133 e. The Balaban J connectivity index is 2.13. The van der Waals surface area contributed by atoms with E-state index in [1.807, 2.05) is 12.3 Å². The Morgan fingerprint density at radius 3 is 2.82 bits per heavy atom. The van der Waals surface area contributed by atoms with E-state index < -0.39 is 0 Å². The smallest absolute Gasteiger partial charge is 0.133 e. The molecule has 3 nitrogen and oxygen atoms in total. The van der Waals surface area contributed by atoms with Crippen LogP contribution in [-0.2, 0) is 6.54 Å². The highest BCUT2D eigenvalue weighted by Crippen LogP contribution is 2.31. The maximum absolute atomic E-state index is 4.57. The lowest BCUT2D eigenvalue weighted by atomic mass is 10.2. The van der Waals surface area contributed by atoms with Crippen molar-refractivity contribution in [2.24, 2.45) is 0 Å². The van der Waals surface area contributed by atoms with Crippen molar-refractivity contribution in [3.8, 4) is 0 Å². The normalized spacial score (nSPS) is 15.3. The number of aromatic nitrogens is 1. The van der Waals surface area contributed by atoms with Gasteiger partial charge < -0.3 is 10.2 Å². The number of rotatable bonds is 6. The summed E-state index contributed by atoms with van der Waals surface area (Å²) in [6, 6.07) is 5.45. The first-order valence-corrected chi connectivity index (χ1v) is 6.66. The summed E-state index contributed by atoms with van der Waals surface area (Å²) in [5.41, 5.74) is 1.31. The Hall–Kier alpha value is -1.09. The molecule has 0 aromatic carbocycles. The molecule has 1 heterocycles. The molecule has 1 aliphatic carbocycles. The van der Waals surface area contributed by atoms with E-state index in [0.29, 0.717) is 6.04 Å². The van der Waals surface area contributed by atoms with Crippen LogP contribution in [-0.4, -0.2) is 23.6 Å². The van der Waals surface area contributed by atoms with E-state index >= 15 is 0 Å². The van der Waals surface area contributed by atoms with E-state index in [1.54, 1.807) is 0 Å². The lowest BCUT2D eigenvalue weighted by Gasteiger charge is -2.24. The lowest BCUT2D eigenvalue weighted by molar-refractivity contribution is 0.586. The van der Waals surface area contributed by atoms with Gasteiger partial charge in [0, 0.05) is 36.9 Å². The second-order valence-corrected chi connectivity index (χ2v) is 5.04. The summed E-state index contributed by atoms with van der Waals surface area (Å²) in [5, 5.41) is 3.47. The van der Waals surface area contributed by atoms with E-state index in [4.69, 9.17) is 0 Å². The highest BCUT2D eigenvalue weighted by Gasteiger charge is 2.29. The Bertz CT molecular complexity index is 358. The summed E-state index contributed by atoms with van der Waals surface area (Å²) in [4.78, 5) is 7.02. The zero-order chi connectivity index (χ0) is 12.3. The standard InChI is InChI=1S/C14H23N3/c1-4-17(13-7-8-13)14-12(6-5-9-15-14)10-16-11(2)3/h5-6,9,11,13,16H,4,7-8,10H2,1-3H3. The molecule has 3 heteroatoms. The van der Waals surface area contributed by atoms with E-state index in [9.17, 15) is 0 Å². The Morgan fingerprint density at radius 1 is 1.47 bits per heavy atom. The first kappa shape index (κ1) is 12.4. The molecule has 17 heavy (non-hydrogen) atoms. The summed E-state index contributed by atoms with van der Waals surface area (Å²) >= 11 is 0. The monoisotopic (exact) mass is 233 g/mol. The number of hydrogen-bond acceptors (Lipinski definition) is 3. The molecule has 0 amide bonds. The zero-order valence-corrected chi connectivity index (χ0v) is 11.1. The van der Waals surface area contributed by atoms with Crippen LogP contribution in [0.3, 0.4) is 0 Å². The first-order valence-electron chi connectivity index (χ1n) is 6.66. The molecule has 0 unspecified atom stereocenters. The Kier molecular flexibility index (Phi) is 4.00. The quantitative estimate of drug-likeness (QED) is 0.818. The predicted molar refractivity (Wildman–Crippen MR) is 72.3 cm³/mol. The summed E-state index contributed by atoms with van der Waals surface area (Å²) in [6.07, 6.45) is 4.54. The fourth-order valence-corrected chi connectivity index (χ4v) is 2.11. The van der Waals surface area contributed by atoms with Crippen molar-refractivity contribution in [3.63, 3.8) is 0 Å². The Morgan fingerprint density at radius 2 is 2.24 bits per heavy atom. The predicted octanol–water partition coefficient (Wildman–Crippen LogP) is 2.57. The van der Waals surface area contributed by atoms with Gasteiger partial charge in [0.2, 0.25) is 0 Å². The summed E-state index contributed by atoms with van der Waals surface area (Å²) in [7, 11) is 0. The second-order valence-electron chi connectivity index (χ2n) is 5.04. The van der Waals surface area contributed by atoms with Crippen molar-refractivity contribution in [1.29, 1.82) is 0 Å². The van der Waals surface area contributed by atoms with Crippen molar-refractivity contribution >= 4 is 5.82 Å². The van der Waals surface area contributed by atoms with Crippen LogP contribution in [0.15, 0.2) is 18.3 Å². The second kappa shape index (κ2) is 5.50. The number of nitrogens with one attached hydrogen (secondary N) is 1. The molecule has 1 fully saturated rings. The highest BCUT2D eigenvalue weighted by atomic mass is 15.2. The third kappa shape index (κ3) is 3.19. The van der Waals surface area contributed by atoms with E-state index in [-0.39, 0.29) is 0 Å². The van der Waals surface area contributed by atoms with Crippen molar-refractivity contribution in [2.45, 2.75) is 52.2 Å². The summed E-state index contributed by atoms with van der Waals surface area (Å²) in [5.74, 6) is 1.17. The molecule has 1 N–H and O–H groups in total. The van der Waals surface area contributed by atoms with Gasteiger partial charge in [-0.15, -0.1) is 0 Å². The fourth-order valence-electron chi connectivity index (χ4n) is 2.11. The zero-order valence-electron chi connectivity index (χ0n) is 11.1. The number of hydrogen-bond donors (Lipinski definition) is 1. The van der Waals surface area contributed by atoms with E-state index in [0.717, 1.165) is 19.1 Å². The molecule has 0 saturated heterocycles. The fraction of sp³-hybridized carbons (Fsp3) is 0.643. The first-order chi connectivity index (χ1) is 8.22. The molecule has 1 aromatic heterocycles. The van der Waals surface area contributed by atoms with Crippen molar-refractivity contribution in [1.82, 2.24) is 10.3 Å². The minimum absolute atomic E-state index is 0.513. The molecule has 0 spiro atoms. The third-order valence-electron chi connectivity index (χ3n) is 3.17. The minimum atomic E-state index is 0.513. The van der Waals surface area contributed by atoms with Crippen LogP contribution >= 0.6 is 0 Å². The molecule has 0 radical (unpaired) electrons. The van der Waals surface area contributed by atoms with E-state index in [1.165, 1.54) is 24.2 Å². The molecule has 1 aliphatic rings. The van der Waals surface area contributed by atoms with Gasteiger partial charge in [-0.2, -0.15) is 0 Å². The van der Waals surface area contributed by atoms with Crippen LogP contribution in [0.25, 0.3) is 0 Å². The van der Waals surface area contributed by atoms with Gasteiger partial charge in [-0.3, -0.25) is 0 Å². The molecular formula is C14H23N3. The molecule has 94 valence electrons. The van der Waals surface area contributed by atoms with Gasteiger partial charge in [0.15, 0.2) is 0 Å². The highest BCUT2D eigenvalue weighted by molar-refractivity contribution is 5.48. The van der Waals surface area contributed by atoms with Gasteiger partial charge >= 0.3 is 0 Å². The van der Waals surface area contributed by atoms with Gasteiger partial charge in [-0.1, -0.05) is 19.9 Å². The van der Waals surface area contributed by atoms with Gasteiger partial charge in [-0.05, 0) is 25.8 Å². The van der Waals surface area contributed by atoms with Crippen LogP contribution in [0.2, 0.25) is 0 Å². The van der Waals surface area contributed by atoms with Crippen LogP contribution in [0.4, 0.5) is 5.82 Å². The molecule has 1 saturated carbocycles. The molecule has 0 bridgehead atoms. The number of pyridine rings is 1. The van der Waals surface area contributed by atoms with Gasteiger partial charge in [-0.25, -0.2) is 4.98 Å². The average Bonchev–Trinajstić information content (AvgIpc) is 3.13. The van der Waals surface area contributed by atoms with Crippen LogP contribution in [0.5, 0.6) is 0 Å². The minimum Gasteiger partial charge on any atom is -0.354 e. The van der Waals surface area contributed by atoms with Crippen LogP contribution < -0.4 is 10.2 Å². The average molecular weight is 233 g/mol. The molecule has 0 aliphatic heterocycles. The SMILES string of the molecule is CCN(c1ncccc1CNC(C)C)C1CC1. The molecule has 0 atom stereocenters. The molecular weight excluding hydrogens is 210 g/mol. The van der Waals surface area contributed by atoms with Crippen LogP contribution in [0, 0.1) is 0 Å². The largest absolute Gasteiger partial charge is 0.354 e. The van der Waals surface area contributed by atoms with Crippen molar-refractivity contribution in [2.75, 3.05) is 11.4 Å². The number of nitrogens with zero attached hydrogens (tertiary/aromatic N) is 2. The summed E-state index contributed by atoms with van der Waals surface area (Å²) in [6.45, 7) is 8.52. The van der Waals surface area contributed by atoms with Gasteiger partial charge in [0.1, 0.15) is 5.82 Å². The Labute approximate surface area is 104 Å². The van der Waals surface area contributed by atoms with E-state index in [2.05, 4.69) is 42.0 Å². The lowest BCUT2D eigenvalue weighted by Crippen LogP contribution is -2.29. The third-order valence-corrected chi connectivity index (χ3v) is 3.17. The van der Waals surface area contributed by atoms with Crippen molar-refractivity contribution in [3.05, 3.63) is 23.9 Å².